The molecule has 0 saturated carbocycles. The van der Waals surface area contributed by atoms with Gasteiger partial charge in [-0.3, -0.25) is 0 Å². The third-order valence-electron chi connectivity index (χ3n) is 2.65. The fourth-order valence-electron chi connectivity index (χ4n) is 1.26. The van der Waals surface area contributed by atoms with Crippen molar-refractivity contribution in [2.45, 2.75) is 59.3 Å². The van der Waals surface area contributed by atoms with Gasteiger partial charge in [0.15, 0.2) is 0 Å². The predicted molar refractivity (Wildman–Crippen MR) is 88.6 cm³/mol. The van der Waals surface area contributed by atoms with E-state index < -0.39 is 33.4 Å². The van der Waals surface area contributed by atoms with E-state index >= 15 is 0 Å². The van der Waals surface area contributed by atoms with Crippen LogP contribution in [0.15, 0.2) is 12.2 Å². The molecule has 0 radical (unpaired) electrons. The Morgan fingerprint density at radius 1 is 0.783 bits per heavy atom. The fourth-order valence-corrected chi connectivity index (χ4v) is 3.96. The average Bonchev–Trinajstić information content (AvgIpc) is 2.53. The molecule has 0 aromatic rings. The summed E-state index contributed by atoms with van der Waals surface area (Å²) in [5.74, 6) is -1.16. The van der Waals surface area contributed by atoms with Gasteiger partial charge < -0.3 is 0 Å². The van der Waals surface area contributed by atoms with Gasteiger partial charge in [-0.1, -0.05) is 0 Å². The first-order valence-electron chi connectivity index (χ1n) is 8.26. The van der Waals surface area contributed by atoms with Gasteiger partial charge in [-0.25, -0.2) is 0 Å². The van der Waals surface area contributed by atoms with Crippen LogP contribution in [0.1, 0.15) is 59.3 Å². The Bertz CT molecular complexity index is 335. The van der Waals surface area contributed by atoms with Crippen molar-refractivity contribution < 1.29 is 23.4 Å². The Hall–Kier alpha value is -0.582. The molecule has 0 N–H and O–H groups in total. The van der Waals surface area contributed by atoms with Gasteiger partial charge in [-0.05, 0) is 0 Å². The standard InChI is InChI=1S/C8H12O4.2C4H9O.Sb/c1-2-3-6-12-8(11)5-4-7(9)10;2*1-2-3-4-5;/h4-5H,2-3,6H2,1H3,(H,9,10);2*2-4H2,1H3;/q;2*-1;+3/p-1. The van der Waals surface area contributed by atoms with E-state index in [0.29, 0.717) is 19.8 Å². The van der Waals surface area contributed by atoms with Crippen molar-refractivity contribution in [2.24, 2.45) is 0 Å². The van der Waals surface area contributed by atoms with Crippen LogP contribution in [0.2, 0.25) is 0 Å². The first kappa shape index (κ1) is 22.4. The van der Waals surface area contributed by atoms with Crippen molar-refractivity contribution in [1.82, 2.24) is 0 Å². The molecule has 0 rings (SSSR count). The number of carbonyl (C=O) groups is 2. The number of carbonyl (C=O) groups excluding carboxylic acids is 2. The molecular weight excluding hydrogens is 410 g/mol. The maximum atomic E-state index is 11.7. The van der Waals surface area contributed by atoms with Crippen LogP contribution in [-0.4, -0.2) is 53.2 Å². The zero-order chi connectivity index (χ0) is 17.3. The van der Waals surface area contributed by atoms with Gasteiger partial charge >= 0.3 is 148 Å². The van der Waals surface area contributed by atoms with Crippen LogP contribution in [0.25, 0.3) is 0 Å². The maximum absolute atomic E-state index is 11.7. The van der Waals surface area contributed by atoms with E-state index in [0.717, 1.165) is 50.7 Å². The molecule has 0 aliphatic rings. The van der Waals surface area contributed by atoms with Crippen LogP contribution < -0.4 is 0 Å². The van der Waals surface area contributed by atoms with Crippen molar-refractivity contribution in [1.29, 1.82) is 0 Å². The molecule has 0 aliphatic heterocycles. The molecule has 134 valence electrons. The molecule has 0 aromatic carbocycles. The molecular formula is C16H29O6Sb. The summed E-state index contributed by atoms with van der Waals surface area (Å²) in [6, 6.07) is 0. The fraction of sp³-hybridized carbons (Fsp3) is 0.750. The molecule has 0 amide bonds. The average molecular weight is 439 g/mol. The Labute approximate surface area is 148 Å². The SMILES string of the molecule is CCCCOC(=O)C=CC(=O)[O][Sb]([O]CCCC)[O]CCCC. The van der Waals surface area contributed by atoms with Crippen molar-refractivity contribution in [3.8, 4) is 0 Å². The molecule has 0 spiro atoms. The Morgan fingerprint density at radius 3 is 1.78 bits per heavy atom. The molecule has 6 nitrogen and oxygen atoms in total. The van der Waals surface area contributed by atoms with Gasteiger partial charge in [0.1, 0.15) is 0 Å². The van der Waals surface area contributed by atoms with Crippen LogP contribution in [0.3, 0.4) is 0 Å². The van der Waals surface area contributed by atoms with Crippen LogP contribution >= 0.6 is 0 Å². The number of hydrogen-bond donors (Lipinski definition) is 0. The molecule has 0 heterocycles. The minimum atomic E-state index is -2.96. The van der Waals surface area contributed by atoms with Crippen molar-refractivity contribution in [2.75, 3.05) is 19.8 Å². The summed E-state index contributed by atoms with van der Waals surface area (Å²) in [5, 5.41) is 0. The quantitative estimate of drug-likeness (QED) is 0.179. The molecule has 23 heavy (non-hydrogen) atoms. The Balaban J connectivity index is 4.19. The summed E-state index contributed by atoms with van der Waals surface area (Å²) in [7, 11) is 0. The van der Waals surface area contributed by atoms with Crippen molar-refractivity contribution in [3.63, 3.8) is 0 Å². The third kappa shape index (κ3) is 14.7. The summed E-state index contributed by atoms with van der Waals surface area (Å²) in [6.45, 7) is 7.53. The summed E-state index contributed by atoms with van der Waals surface area (Å²) in [6.07, 6.45) is 7.69. The van der Waals surface area contributed by atoms with E-state index in [4.69, 9.17) is 13.8 Å². The summed E-state index contributed by atoms with van der Waals surface area (Å²) < 4.78 is 21.2. The van der Waals surface area contributed by atoms with E-state index in [1.807, 2.05) is 6.92 Å². The van der Waals surface area contributed by atoms with Crippen LogP contribution in [-0.2, 0) is 23.4 Å². The normalized spacial score (nSPS) is 11.1. The third-order valence-corrected chi connectivity index (χ3v) is 5.84. The first-order valence-corrected chi connectivity index (χ1v) is 11.4. The minimum absolute atomic E-state index is 0.356. The van der Waals surface area contributed by atoms with E-state index in [1.165, 1.54) is 0 Å². The Kier molecular flexibility index (Phi) is 15.9. The van der Waals surface area contributed by atoms with Gasteiger partial charge in [-0.2, -0.15) is 0 Å². The number of ether oxygens (including phenoxy) is 1. The van der Waals surface area contributed by atoms with Gasteiger partial charge in [-0.15, -0.1) is 0 Å². The van der Waals surface area contributed by atoms with E-state index in [2.05, 4.69) is 13.8 Å². The van der Waals surface area contributed by atoms with E-state index in [-0.39, 0.29) is 0 Å². The van der Waals surface area contributed by atoms with Crippen LogP contribution in [0.4, 0.5) is 0 Å². The second-order valence-electron chi connectivity index (χ2n) is 4.86. The molecule has 0 aliphatic carbocycles. The molecule has 0 saturated heterocycles. The van der Waals surface area contributed by atoms with E-state index in [1.54, 1.807) is 0 Å². The van der Waals surface area contributed by atoms with E-state index in [9.17, 15) is 9.59 Å². The predicted octanol–water partition coefficient (Wildman–Crippen LogP) is 3.05. The van der Waals surface area contributed by atoms with Crippen LogP contribution in [0.5, 0.6) is 0 Å². The molecule has 0 aromatic heterocycles. The number of hydrogen-bond acceptors (Lipinski definition) is 6. The van der Waals surface area contributed by atoms with Crippen LogP contribution in [0, 0.1) is 0 Å². The zero-order valence-corrected chi connectivity index (χ0v) is 17.0. The van der Waals surface area contributed by atoms with Gasteiger partial charge in [0, 0.05) is 0 Å². The number of esters is 1. The second kappa shape index (κ2) is 16.3. The molecule has 0 bridgehead atoms. The van der Waals surface area contributed by atoms with Gasteiger partial charge in [0.2, 0.25) is 0 Å². The zero-order valence-electron chi connectivity index (χ0n) is 14.4. The second-order valence-corrected chi connectivity index (χ2v) is 8.13. The molecule has 0 atom stereocenters. The Morgan fingerprint density at radius 2 is 1.26 bits per heavy atom. The summed E-state index contributed by atoms with van der Waals surface area (Å²) in [4.78, 5) is 23.1. The van der Waals surface area contributed by atoms with Gasteiger partial charge in [0.05, 0.1) is 0 Å². The summed E-state index contributed by atoms with van der Waals surface area (Å²) in [5.41, 5.74) is 0. The number of unbranched alkanes of at least 4 members (excludes halogenated alkanes) is 3. The topological polar surface area (TPSA) is 71.1 Å². The monoisotopic (exact) mass is 438 g/mol. The van der Waals surface area contributed by atoms with Gasteiger partial charge in [0.25, 0.3) is 0 Å². The molecule has 0 fully saturated rings. The first-order chi connectivity index (χ1) is 11.1. The summed E-state index contributed by atoms with van der Waals surface area (Å²) >= 11 is -2.96. The molecule has 0 unspecified atom stereocenters. The van der Waals surface area contributed by atoms with Crippen molar-refractivity contribution in [3.05, 3.63) is 12.2 Å². The molecule has 7 heteroatoms. The number of rotatable bonds is 14. The van der Waals surface area contributed by atoms with Crippen molar-refractivity contribution >= 4 is 33.4 Å².